The lowest BCUT2D eigenvalue weighted by Gasteiger charge is -2.33. The summed E-state index contributed by atoms with van der Waals surface area (Å²) < 4.78 is 22.3. The molecule has 2 N–H and O–H groups in total. The molecule has 0 spiro atoms. The third-order valence-corrected chi connectivity index (χ3v) is 3.29. The minimum Gasteiger partial charge on any atom is -0.481 e. The van der Waals surface area contributed by atoms with Gasteiger partial charge in [-0.25, -0.2) is 0 Å². The predicted octanol–water partition coefficient (Wildman–Crippen LogP) is 6.51. The van der Waals surface area contributed by atoms with Crippen molar-refractivity contribution >= 4 is 11.9 Å². The summed E-state index contributed by atoms with van der Waals surface area (Å²) in [6.07, 6.45) is 6.30. The van der Waals surface area contributed by atoms with Gasteiger partial charge in [0.25, 0.3) is 0 Å². The van der Waals surface area contributed by atoms with E-state index in [1.54, 1.807) is 0 Å². The molecule has 0 aromatic rings. The molecule has 0 aliphatic rings. The minimum atomic E-state index is -0.944. The Kier molecular flexibility index (Phi) is 66.2. The first-order valence-corrected chi connectivity index (χ1v) is 8.64. The van der Waals surface area contributed by atoms with Gasteiger partial charge in [0, 0.05) is 13.0 Å². The van der Waals surface area contributed by atoms with Crippen LogP contribution in [-0.2, 0) is 28.5 Å². The zero-order valence-corrected chi connectivity index (χ0v) is 15.4. The maximum absolute atomic E-state index is 10.6. The lowest BCUT2D eigenvalue weighted by molar-refractivity contribution is -0.140. The van der Waals surface area contributed by atoms with Crippen molar-refractivity contribution in [3.8, 4) is 12.3 Å². The molecule has 0 fully saturated rings. The maximum atomic E-state index is 10.6. The van der Waals surface area contributed by atoms with Crippen molar-refractivity contribution in [2.75, 3.05) is 52.9 Å². The molecule has 0 atom stereocenters. The van der Waals surface area contributed by atoms with Crippen molar-refractivity contribution in [2.24, 2.45) is 5.41 Å². The average molecular weight is 503 g/mol. The van der Waals surface area contributed by atoms with Crippen LogP contribution in [0.15, 0.2) is 0 Å². The second kappa shape index (κ2) is 38.6. The summed E-state index contributed by atoms with van der Waals surface area (Å²) in [5, 5.41) is 17.4. The fourth-order valence-electron chi connectivity index (χ4n) is 2.00. The molecule has 0 heterocycles. The number of terminal acetylenes is 1. The van der Waals surface area contributed by atoms with E-state index in [1.165, 1.54) is 0 Å². The Labute approximate surface area is 213 Å². The monoisotopic (exact) mass is 502 g/mol. The topological polar surface area (TPSA) is 112 Å². The first kappa shape index (κ1) is 58.3. The Morgan fingerprint density at radius 1 is 0.676 bits per heavy atom. The summed E-state index contributed by atoms with van der Waals surface area (Å²) in [5.41, 5.74) is -0.666. The minimum absolute atomic E-state index is 0. The number of carboxylic acids is 2. The number of carbonyl (C=O) groups is 2. The molecule has 0 aromatic carbocycles. The average Bonchev–Trinajstić information content (AvgIpc) is 2.59. The Morgan fingerprint density at radius 2 is 1.00 bits per heavy atom. The van der Waals surface area contributed by atoms with Gasteiger partial charge in [-0.15, -0.1) is 12.3 Å². The Hall–Kier alpha value is -1.66. The molecule has 0 aliphatic heterocycles. The molecule has 34 heavy (non-hydrogen) atoms. The molecule has 0 saturated heterocycles. The van der Waals surface area contributed by atoms with Crippen LogP contribution in [0, 0.1) is 17.8 Å². The molecule has 0 unspecified atom stereocenters. The number of rotatable bonds is 18. The van der Waals surface area contributed by atoms with Crippen LogP contribution in [0.1, 0.15) is 92.0 Å². The first-order chi connectivity index (χ1) is 12.5. The number of carboxylic acid groups (broad SMARTS) is 2. The number of hydrogen-bond acceptors (Lipinski definition) is 6. The molecule has 8 heteroatoms. The van der Waals surface area contributed by atoms with Gasteiger partial charge >= 0.3 is 11.9 Å². The summed E-state index contributed by atoms with van der Waals surface area (Å²) in [6.45, 7) is 3.91. The second-order valence-electron chi connectivity index (χ2n) is 5.95. The summed E-state index contributed by atoms with van der Waals surface area (Å²) in [7, 11) is 0. The highest BCUT2D eigenvalue weighted by atomic mass is 16.5. The van der Waals surface area contributed by atoms with E-state index in [4.69, 9.17) is 35.6 Å². The summed E-state index contributed by atoms with van der Waals surface area (Å²) in [6, 6.07) is 0. The largest absolute Gasteiger partial charge is 0.481 e. The predicted molar refractivity (Wildman–Crippen MR) is 148 cm³/mol. The number of ether oxygens (including phenoxy) is 4. The van der Waals surface area contributed by atoms with Crippen LogP contribution in [-0.4, -0.2) is 75.0 Å². The molecule has 0 radical (unpaired) electrons. The van der Waals surface area contributed by atoms with E-state index in [-0.39, 0.29) is 112 Å². The molecule has 0 saturated carbocycles. The van der Waals surface area contributed by atoms with E-state index in [2.05, 4.69) is 5.92 Å². The Morgan fingerprint density at radius 3 is 1.29 bits per heavy atom. The lowest BCUT2D eigenvalue weighted by Crippen LogP contribution is -2.42. The summed E-state index contributed by atoms with van der Waals surface area (Å²) in [4.78, 5) is 21.2. The van der Waals surface area contributed by atoms with Crippen molar-refractivity contribution < 1.29 is 38.7 Å². The third-order valence-electron chi connectivity index (χ3n) is 3.29. The van der Waals surface area contributed by atoms with E-state index >= 15 is 0 Å². The van der Waals surface area contributed by atoms with E-state index < -0.39 is 17.4 Å². The van der Waals surface area contributed by atoms with Crippen LogP contribution in [0.2, 0.25) is 0 Å². The van der Waals surface area contributed by atoms with E-state index in [0.29, 0.717) is 19.6 Å². The van der Waals surface area contributed by atoms with Crippen molar-refractivity contribution in [3.63, 3.8) is 0 Å². The maximum Gasteiger partial charge on any atom is 0.305 e. The molecule has 0 amide bonds. The lowest BCUT2D eigenvalue weighted by atomic mass is 9.92. The fraction of sp³-hybridized carbons (Fsp3) is 0.846. The highest BCUT2D eigenvalue weighted by Crippen LogP contribution is 2.21. The standard InChI is InChI=1S/C18H30O8.8CH4/c1-3-5-9-24-13-18(12-23-8-4-2,14-25-10-6-16(19)20)15-26-11-7-17(21)22;;;;;;;;/h1H,4-15H2,2H3,(H,19,20)(H,21,22);8*1H4. The van der Waals surface area contributed by atoms with Crippen molar-refractivity contribution in [3.05, 3.63) is 0 Å². The summed E-state index contributed by atoms with van der Waals surface area (Å²) in [5.74, 6) is 0.599. The zero-order chi connectivity index (χ0) is 19.7. The van der Waals surface area contributed by atoms with Crippen molar-refractivity contribution in [1.29, 1.82) is 0 Å². The van der Waals surface area contributed by atoms with Gasteiger partial charge in [-0.05, 0) is 6.42 Å². The van der Waals surface area contributed by atoms with Gasteiger partial charge < -0.3 is 29.2 Å². The van der Waals surface area contributed by atoms with E-state index in [0.717, 1.165) is 6.42 Å². The van der Waals surface area contributed by atoms with Gasteiger partial charge in [-0.3, -0.25) is 9.59 Å². The quantitative estimate of drug-likeness (QED) is 0.161. The highest BCUT2D eigenvalue weighted by molar-refractivity contribution is 5.67. The van der Waals surface area contributed by atoms with E-state index in [9.17, 15) is 9.59 Å². The van der Waals surface area contributed by atoms with Crippen LogP contribution < -0.4 is 0 Å². The molecule has 0 rings (SSSR count). The van der Waals surface area contributed by atoms with Crippen LogP contribution in [0.25, 0.3) is 0 Å². The van der Waals surface area contributed by atoms with Crippen molar-refractivity contribution in [2.45, 2.75) is 92.0 Å². The molecular weight excluding hydrogens is 440 g/mol. The fourth-order valence-corrected chi connectivity index (χ4v) is 2.00. The normalized spacial score (nSPS) is 8.59. The van der Waals surface area contributed by atoms with Crippen molar-refractivity contribution in [1.82, 2.24) is 0 Å². The van der Waals surface area contributed by atoms with E-state index in [1.807, 2.05) is 6.92 Å². The summed E-state index contributed by atoms with van der Waals surface area (Å²) >= 11 is 0. The SMILES string of the molecule is C.C.C.C.C.C.C.C.C#CCCOCC(COCCC)(COCCC(=O)O)COCCC(=O)O. The second-order valence-corrected chi connectivity index (χ2v) is 5.95. The van der Waals surface area contributed by atoms with Gasteiger partial charge in [-0.2, -0.15) is 0 Å². The Balaban J connectivity index is -0.000000112. The van der Waals surface area contributed by atoms with Gasteiger partial charge in [-0.1, -0.05) is 66.3 Å². The van der Waals surface area contributed by atoms with Crippen LogP contribution in [0.4, 0.5) is 0 Å². The molecule has 8 nitrogen and oxygen atoms in total. The van der Waals surface area contributed by atoms with Crippen LogP contribution in [0.5, 0.6) is 0 Å². The Bertz CT molecular complexity index is 411. The van der Waals surface area contributed by atoms with Gasteiger partial charge in [0.15, 0.2) is 0 Å². The molecule has 214 valence electrons. The zero-order valence-electron chi connectivity index (χ0n) is 15.4. The third kappa shape index (κ3) is 34.9. The van der Waals surface area contributed by atoms with Gasteiger partial charge in [0.05, 0.1) is 64.5 Å². The van der Waals surface area contributed by atoms with Crippen LogP contribution in [0.3, 0.4) is 0 Å². The highest BCUT2D eigenvalue weighted by Gasteiger charge is 2.32. The molecular formula is C26H62O8. The van der Waals surface area contributed by atoms with Gasteiger partial charge in [0.2, 0.25) is 0 Å². The smallest absolute Gasteiger partial charge is 0.305 e. The molecule has 0 aliphatic carbocycles. The molecule has 0 bridgehead atoms. The molecule has 0 aromatic heterocycles. The number of hydrogen-bond donors (Lipinski definition) is 2. The van der Waals surface area contributed by atoms with Crippen LogP contribution >= 0.6 is 0 Å². The number of aliphatic carboxylic acids is 2. The first-order valence-electron chi connectivity index (χ1n) is 8.64. The van der Waals surface area contributed by atoms with Gasteiger partial charge in [0.1, 0.15) is 0 Å².